The molecule has 6 rings (SSSR count). The summed E-state index contributed by atoms with van der Waals surface area (Å²) >= 11 is 0. The van der Waals surface area contributed by atoms with E-state index in [0.29, 0.717) is 25.4 Å². The summed E-state index contributed by atoms with van der Waals surface area (Å²) < 4.78 is 34.0. The minimum absolute atomic E-state index is 0.286. The normalized spacial score (nSPS) is 13.9. The lowest BCUT2D eigenvalue weighted by Gasteiger charge is -2.28. The van der Waals surface area contributed by atoms with E-state index < -0.39 is 10.0 Å². The molecule has 1 heterocycles. The lowest BCUT2D eigenvalue weighted by molar-refractivity contribution is 0.307. The third-order valence-corrected chi connectivity index (χ3v) is 8.95. The molecule has 0 bridgehead atoms. The predicted molar refractivity (Wildman–Crippen MR) is 156 cm³/mol. The molecular weight excluding hydrogens is 504 g/mol. The summed E-state index contributed by atoms with van der Waals surface area (Å²) in [6, 6.07) is 37.1. The van der Waals surface area contributed by atoms with Crippen LogP contribution in [-0.4, -0.2) is 25.5 Å². The van der Waals surface area contributed by atoms with Crippen LogP contribution in [0.4, 0.5) is 5.69 Å². The van der Waals surface area contributed by atoms with Gasteiger partial charge >= 0.3 is 0 Å². The molecule has 39 heavy (non-hydrogen) atoms. The highest BCUT2D eigenvalue weighted by molar-refractivity contribution is 7.89. The molecule has 6 heteroatoms. The number of nitrogens with zero attached hydrogens (tertiary/aromatic N) is 2. The van der Waals surface area contributed by atoms with Gasteiger partial charge < -0.3 is 4.74 Å². The van der Waals surface area contributed by atoms with Crippen LogP contribution >= 0.6 is 0 Å². The fraction of sp³-hybridized carbons (Fsp3) is 0.121. The van der Waals surface area contributed by atoms with Crippen LogP contribution in [-0.2, 0) is 29.6 Å². The van der Waals surface area contributed by atoms with Crippen molar-refractivity contribution in [3.8, 4) is 5.75 Å². The molecule has 0 amide bonds. The van der Waals surface area contributed by atoms with Crippen LogP contribution in [0.3, 0.4) is 0 Å². The smallest absolute Gasteiger partial charge is 0.243 e. The molecule has 194 valence electrons. The van der Waals surface area contributed by atoms with Crippen LogP contribution in [0.1, 0.15) is 22.3 Å². The molecule has 0 aromatic heterocycles. The molecule has 0 spiro atoms. The fourth-order valence-electron chi connectivity index (χ4n) is 4.91. The Morgan fingerprint density at radius 3 is 2.31 bits per heavy atom. The summed E-state index contributed by atoms with van der Waals surface area (Å²) in [4.78, 5) is 4.81. The quantitative estimate of drug-likeness (QED) is 0.214. The van der Waals surface area contributed by atoms with E-state index in [-0.39, 0.29) is 4.90 Å². The Kier molecular flexibility index (Phi) is 6.97. The average molecular weight is 533 g/mol. The predicted octanol–water partition coefficient (Wildman–Crippen LogP) is 6.92. The minimum Gasteiger partial charge on any atom is -0.489 e. The largest absolute Gasteiger partial charge is 0.489 e. The van der Waals surface area contributed by atoms with E-state index in [1.54, 1.807) is 34.8 Å². The first-order valence-electron chi connectivity index (χ1n) is 13.0. The molecule has 5 aromatic carbocycles. The molecule has 1 aliphatic heterocycles. The van der Waals surface area contributed by atoms with Gasteiger partial charge in [-0.2, -0.15) is 4.31 Å². The molecule has 0 aliphatic carbocycles. The number of hydrogen-bond acceptors (Lipinski definition) is 4. The number of hydrogen-bond donors (Lipinski definition) is 0. The molecule has 5 nitrogen and oxygen atoms in total. The summed E-state index contributed by atoms with van der Waals surface area (Å²) in [6.07, 6.45) is 2.49. The molecule has 0 saturated carbocycles. The van der Waals surface area contributed by atoms with Crippen molar-refractivity contribution in [1.29, 1.82) is 0 Å². The zero-order chi connectivity index (χ0) is 26.7. The van der Waals surface area contributed by atoms with Gasteiger partial charge in [-0.1, -0.05) is 66.7 Å². The maximum atomic E-state index is 13.2. The Balaban J connectivity index is 1.08. The molecule has 0 unspecified atom stereocenters. The maximum absolute atomic E-state index is 13.2. The highest BCUT2D eigenvalue weighted by atomic mass is 32.2. The second-order valence-corrected chi connectivity index (χ2v) is 11.5. The lowest BCUT2D eigenvalue weighted by Crippen LogP contribution is -2.35. The van der Waals surface area contributed by atoms with E-state index >= 15 is 0 Å². The summed E-state index contributed by atoms with van der Waals surface area (Å²) in [7, 11) is -3.56. The monoisotopic (exact) mass is 532 g/mol. The number of ether oxygens (including phenoxy) is 1. The van der Waals surface area contributed by atoms with Crippen molar-refractivity contribution >= 4 is 32.7 Å². The third kappa shape index (κ3) is 5.48. The van der Waals surface area contributed by atoms with Crippen LogP contribution in [0.25, 0.3) is 10.8 Å². The van der Waals surface area contributed by atoms with Gasteiger partial charge in [0.05, 0.1) is 10.6 Å². The zero-order valence-electron chi connectivity index (χ0n) is 21.4. The van der Waals surface area contributed by atoms with Crippen molar-refractivity contribution in [1.82, 2.24) is 4.31 Å². The number of rotatable bonds is 7. The summed E-state index contributed by atoms with van der Waals surface area (Å²) in [5, 5.41) is 2.40. The van der Waals surface area contributed by atoms with Crippen LogP contribution in [0.15, 0.2) is 125 Å². The van der Waals surface area contributed by atoms with Crippen molar-refractivity contribution in [2.45, 2.75) is 24.5 Å². The molecule has 0 saturated heterocycles. The average Bonchev–Trinajstić information content (AvgIpc) is 2.99. The first-order chi connectivity index (χ1) is 19.1. The summed E-state index contributed by atoms with van der Waals surface area (Å²) in [6.45, 7) is 1.38. The van der Waals surface area contributed by atoms with E-state index in [2.05, 4.69) is 41.4 Å². The molecule has 0 N–H and O–H groups in total. The molecule has 1 aliphatic rings. The van der Waals surface area contributed by atoms with Crippen molar-refractivity contribution in [3.63, 3.8) is 0 Å². The van der Waals surface area contributed by atoms with Crippen LogP contribution in [0, 0.1) is 0 Å². The van der Waals surface area contributed by atoms with Gasteiger partial charge in [-0.15, -0.1) is 0 Å². The van der Waals surface area contributed by atoms with Crippen molar-refractivity contribution in [2.75, 3.05) is 6.54 Å². The second-order valence-electron chi connectivity index (χ2n) is 9.61. The number of sulfonamides is 1. The summed E-state index contributed by atoms with van der Waals surface area (Å²) in [5.41, 5.74) is 5.05. The Morgan fingerprint density at radius 1 is 0.769 bits per heavy atom. The number of benzene rings is 5. The lowest BCUT2D eigenvalue weighted by atomic mass is 10.0. The van der Waals surface area contributed by atoms with E-state index in [1.807, 2.05) is 54.6 Å². The Morgan fingerprint density at radius 2 is 1.49 bits per heavy atom. The molecule has 0 atom stereocenters. The third-order valence-electron chi connectivity index (χ3n) is 7.09. The molecule has 0 fully saturated rings. The van der Waals surface area contributed by atoms with Crippen molar-refractivity contribution < 1.29 is 13.2 Å². The highest BCUT2D eigenvalue weighted by Gasteiger charge is 2.28. The van der Waals surface area contributed by atoms with Crippen LogP contribution in [0.2, 0.25) is 0 Å². The van der Waals surface area contributed by atoms with Crippen molar-refractivity contribution in [3.05, 3.63) is 138 Å². The SMILES string of the molecule is O=S(=O)(c1ccc(N=Cc2ccc(OCc3cccc4ccccc34)cc2)cc1)N1CCc2ccccc2C1. The topological polar surface area (TPSA) is 59.0 Å². The fourth-order valence-corrected chi connectivity index (χ4v) is 6.33. The van der Waals surface area contributed by atoms with Gasteiger partial charge in [0.25, 0.3) is 0 Å². The van der Waals surface area contributed by atoms with E-state index in [4.69, 9.17) is 4.74 Å². The Bertz CT molecular complexity index is 1740. The molecule has 5 aromatic rings. The number of fused-ring (bicyclic) bond motifs is 2. The first-order valence-corrected chi connectivity index (χ1v) is 14.4. The van der Waals surface area contributed by atoms with Crippen molar-refractivity contribution in [2.24, 2.45) is 4.99 Å². The second kappa shape index (κ2) is 10.8. The van der Waals surface area contributed by atoms with Crippen LogP contribution in [0.5, 0.6) is 5.75 Å². The van der Waals surface area contributed by atoms with E-state index in [9.17, 15) is 8.42 Å². The Labute approximate surface area is 229 Å². The highest BCUT2D eigenvalue weighted by Crippen LogP contribution is 2.26. The maximum Gasteiger partial charge on any atom is 0.243 e. The van der Waals surface area contributed by atoms with Crippen LogP contribution < -0.4 is 4.74 Å². The number of aliphatic imine (C=N–C) groups is 1. The van der Waals surface area contributed by atoms with Gasteiger partial charge in [0.2, 0.25) is 10.0 Å². The first kappa shape index (κ1) is 25.0. The van der Waals surface area contributed by atoms with Gasteiger partial charge in [-0.3, -0.25) is 4.99 Å². The van der Waals surface area contributed by atoms with Gasteiger partial charge in [-0.25, -0.2) is 8.42 Å². The zero-order valence-corrected chi connectivity index (χ0v) is 22.2. The summed E-state index contributed by atoms with van der Waals surface area (Å²) in [5.74, 6) is 0.787. The minimum atomic E-state index is -3.56. The van der Waals surface area contributed by atoms with Gasteiger partial charge in [-0.05, 0) is 88.0 Å². The van der Waals surface area contributed by atoms with Gasteiger partial charge in [0.1, 0.15) is 12.4 Å². The van der Waals surface area contributed by atoms with E-state index in [0.717, 1.165) is 28.9 Å². The Hall–Kier alpha value is -4.26. The standard InChI is InChI=1S/C33H28N2O3S/c36-39(37,35-21-20-26-6-1-2-8-28(26)23-35)32-18-14-30(15-19-32)34-22-25-12-16-31(17-13-25)38-24-29-10-5-9-27-7-3-4-11-33(27)29/h1-19,22H,20-21,23-24H2. The van der Waals surface area contributed by atoms with E-state index in [1.165, 1.54) is 16.3 Å². The van der Waals surface area contributed by atoms with Gasteiger partial charge in [0.15, 0.2) is 0 Å². The van der Waals surface area contributed by atoms with Gasteiger partial charge in [0, 0.05) is 19.3 Å². The molecule has 0 radical (unpaired) electrons. The molecular formula is C33H28N2O3S.